The standard InChI is InChI=1S/C11H22N2O/c1-3-13(10-4-5-10)6-7-14-11(2)8-12-9-11/h10,12H,3-9H2,1-2H3. The summed E-state index contributed by atoms with van der Waals surface area (Å²) in [4.78, 5) is 2.54. The fourth-order valence-electron chi connectivity index (χ4n) is 2.03. The highest BCUT2D eigenvalue weighted by molar-refractivity contribution is 4.90. The zero-order valence-electron chi connectivity index (χ0n) is 9.38. The predicted molar refractivity (Wildman–Crippen MR) is 57.5 cm³/mol. The van der Waals surface area contributed by atoms with E-state index in [0.717, 1.165) is 32.3 Å². The van der Waals surface area contributed by atoms with E-state index < -0.39 is 0 Å². The van der Waals surface area contributed by atoms with Gasteiger partial charge < -0.3 is 10.1 Å². The second kappa shape index (κ2) is 4.17. The van der Waals surface area contributed by atoms with Gasteiger partial charge in [0.2, 0.25) is 0 Å². The molecule has 0 unspecified atom stereocenters. The normalized spacial score (nSPS) is 25.1. The Morgan fingerprint density at radius 1 is 1.43 bits per heavy atom. The molecule has 2 rings (SSSR count). The zero-order valence-corrected chi connectivity index (χ0v) is 9.38. The molecule has 0 aromatic carbocycles. The number of nitrogens with one attached hydrogen (secondary N) is 1. The van der Waals surface area contributed by atoms with Crippen molar-refractivity contribution in [1.82, 2.24) is 10.2 Å². The van der Waals surface area contributed by atoms with Gasteiger partial charge in [0.1, 0.15) is 0 Å². The molecule has 0 atom stereocenters. The van der Waals surface area contributed by atoms with Crippen molar-refractivity contribution in [2.75, 3.05) is 32.8 Å². The van der Waals surface area contributed by atoms with Gasteiger partial charge >= 0.3 is 0 Å². The first-order valence-corrected chi connectivity index (χ1v) is 5.82. The summed E-state index contributed by atoms with van der Waals surface area (Å²) in [6.45, 7) is 9.63. The molecule has 0 aromatic heterocycles. The second-order valence-corrected chi connectivity index (χ2v) is 4.76. The van der Waals surface area contributed by atoms with Crippen LogP contribution in [0.25, 0.3) is 0 Å². The van der Waals surface area contributed by atoms with Crippen LogP contribution in [0.1, 0.15) is 26.7 Å². The van der Waals surface area contributed by atoms with E-state index >= 15 is 0 Å². The quantitative estimate of drug-likeness (QED) is 0.685. The molecule has 0 radical (unpaired) electrons. The highest BCUT2D eigenvalue weighted by Gasteiger charge is 2.33. The Morgan fingerprint density at radius 3 is 2.57 bits per heavy atom. The number of nitrogens with zero attached hydrogens (tertiary/aromatic N) is 1. The SMILES string of the molecule is CCN(CCOC1(C)CNC1)C1CC1. The lowest BCUT2D eigenvalue weighted by atomic mass is 10.0. The molecule has 2 aliphatic rings. The van der Waals surface area contributed by atoms with Crippen LogP contribution in [0.15, 0.2) is 0 Å². The Morgan fingerprint density at radius 2 is 2.14 bits per heavy atom. The van der Waals surface area contributed by atoms with Gasteiger partial charge in [-0.15, -0.1) is 0 Å². The fraction of sp³-hybridized carbons (Fsp3) is 1.00. The third-order valence-corrected chi connectivity index (χ3v) is 3.30. The molecule has 1 heterocycles. The Hall–Kier alpha value is -0.120. The molecule has 0 aromatic rings. The first kappa shape index (κ1) is 10.4. The number of rotatable bonds is 6. The van der Waals surface area contributed by atoms with Crippen molar-refractivity contribution in [2.45, 2.75) is 38.3 Å². The first-order valence-electron chi connectivity index (χ1n) is 5.82. The number of hydrogen-bond donors (Lipinski definition) is 1. The van der Waals surface area contributed by atoms with Gasteiger partial charge in [0.05, 0.1) is 12.2 Å². The smallest absolute Gasteiger partial charge is 0.0902 e. The summed E-state index contributed by atoms with van der Waals surface area (Å²) < 4.78 is 5.87. The maximum atomic E-state index is 5.87. The van der Waals surface area contributed by atoms with E-state index in [1.54, 1.807) is 0 Å². The average Bonchev–Trinajstić information content (AvgIpc) is 2.93. The second-order valence-electron chi connectivity index (χ2n) is 4.76. The maximum absolute atomic E-state index is 5.87. The number of hydrogen-bond acceptors (Lipinski definition) is 3. The minimum atomic E-state index is 0.128. The van der Waals surface area contributed by atoms with Crippen LogP contribution in [0.3, 0.4) is 0 Å². The van der Waals surface area contributed by atoms with Gasteiger partial charge in [0, 0.05) is 25.7 Å². The van der Waals surface area contributed by atoms with Gasteiger partial charge in [0.25, 0.3) is 0 Å². The zero-order chi connectivity index (χ0) is 10.0. The molecule has 1 saturated carbocycles. The lowest BCUT2D eigenvalue weighted by Gasteiger charge is -2.39. The van der Waals surface area contributed by atoms with Crippen LogP contribution in [0.4, 0.5) is 0 Å². The molecule has 1 N–H and O–H groups in total. The highest BCUT2D eigenvalue weighted by atomic mass is 16.5. The lowest BCUT2D eigenvalue weighted by molar-refractivity contribution is -0.0723. The van der Waals surface area contributed by atoms with E-state index in [1.807, 2.05) is 0 Å². The molecule has 1 aliphatic heterocycles. The topological polar surface area (TPSA) is 24.5 Å². The molecule has 2 fully saturated rings. The van der Waals surface area contributed by atoms with E-state index in [0.29, 0.717) is 0 Å². The lowest BCUT2D eigenvalue weighted by Crippen LogP contribution is -2.59. The number of ether oxygens (including phenoxy) is 1. The summed E-state index contributed by atoms with van der Waals surface area (Å²) in [5, 5.41) is 3.25. The minimum Gasteiger partial charge on any atom is -0.371 e. The third-order valence-electron chi connectivity index (χ3n) is 3.30. The van der Waals surface area contributed by atoms with Crippen LogP contribution in [-0.4, -0.2) is 49.3 Å². The predicted octanol–water partition coefficient (Wildman–Crippen LogP) is 0.849. The molecule has 0 spiro atoms. The van der Waals surface area contributed by atoms with Crippen LogP contribution >= 0.6 is 0 Å². The Bertz CT molecular complexity index is 188. The van der Waals surface area contributed by atoms with E-state index in [4.69, 9.17) is 4.74 Å². The number of likely N-dealkylation sites (N-methyl/N-ethyl adjacent to an activating group) is 1. The average molecular weight is 198 g/mol. The summed E-state index contributed by atoms with van der Waals surface area (Å²) >= 11 is 0. The maximum Gasteiger partial charge on any atom is 0.0902 e. The van der Waals surface area contributed by atoms with Gasteiger partial charge in [-0.05, 0) is 26.3 Å². The van der Waals surface area contributed by atoms with Gasteiger partial charge in [0.15, 0.2) is 0 Å². The van der Waals surface area contributed by atoms with Crippen LogP contribution in [-0.2, 0) is 4.74 Å². The Balaban J connectivity index is 1.61. The van der Waals surface area contributed by atoms with E-state index in [2.05, 4.69) is 24.1 Å². The Labute approximate surface area is 86.8 Å². The molecule has 3 heteroatoms. The van der Waals surface area contributed by atoms with Crippen molar-refractivity contribution >= 4 is 0 Å². The summed E-state index contributed by atoms with van der Waals surface area (Å²) in [5.41, 5.74) is 0.128. The molecule has 1 saturated heterocycles. The molecule has 3 nitrogen and oxygen atoms in total. The van der Waals surface area contributed by atoms with Crippen molar-refractivity contribution < 1.29 is 4.74 Å². The molecule has 0 amide bonds. The molecular formula is C11H22N2O. The summed E-state index contributed by atoms with van der Waals surface area (Å²) in [6.07, 6.45) is 2.79. The molecule has 0 bridgehead atoms. The summed E-state index contributed by atoms with van der Waals surface area (Å²) in [5.74, 6) is 0. The first-order chi connectivity index (χ1) is 6.73. The van der Waals surface area contributed by atoms with Crippen LogP contribution < -0.4 is 5.32 Å². The van der Waals surface area contributed by atoms with E-state index in [9.17, 15) is 0 Å². The van der Waals surface area contributed by atoms with E-state index in [1.165, 1.54) is 19.4 Å². The highest BCUT2D eigenvalue weighted by Crippen LogP contribution is 2.26. The monoisotopic (exact) mass is 198 g/mol. The summed E-state index contributed by atoms with van der Waals surface area (Å²) in [6, 6.07) is 0.871. The Kier molecular flexibility index (Phi) is 3.10. The van der Waals surface area contributed by atoms with Crippen molar-refractivity contribution in [3.8, 4) is 0 Å². The van der Waals surface area contributed by atoms with Crippen molar-refractivity contribution in [3.05, 3.63) is 0 Å². The van der Waals surface area contributed by atoms with Gasteiger partial charge in [-0.2, -0.15) is 0 Å². The molecule has 14 heavy (non-hydrogen) atoms. The van der Waals surface area contributed by atoms with Gasteiger partial charge in [-0.25, -0.2) is 0 Å². The van der Waals surface area contributed by atoms with Crippen molar-refractivity contribution in [1.29, 1.82) is 0 Å². The van der Waals surface area contributed by atoms with Crippen LogP contribution in [0.5, 0.6) is 0 Å². The third kappa shape index (κ3) is 2.47. The minimum absolute atomic E-state index is 0.128. The molecule has 82 valence electrons. The molecular weight excluding hydrogens is 176 g/mol. The summed E-state index contributed by atoms with van der Waals surface area (Å²) in [7, 11) is 0. The fourth-order valence-corrected chi connectivity index (χ4v) is 2.03. The van der Waals surface area contributed by atoms with Crippen molar-refractivity contribution in [3.63, 3.8) is 0 Å². The molecule has 1 aliphatic carbocycles. The van der Waals surface area contributed by atoms with Crippen LogP contribution in [0.2, 0.25) is 0 Å². The van der Waals surface area contributed by atoms with Crippen LogP contribution in [0, 0.1) is 0 Å². The van der Waals surface area contributed by atoms with Crippen molar-refractivity contribution in [2.24, 2.45) is 0 Å². The largest absolute Gasteiger partial charge is 0.371 e. The van der Waals surface area contributed by atoms with Gasteiger partial charge in [-0.1, -0.05) is 6.92 Å². The van der Waals surface area contributed by atoms with E-state index in [-0.39, 0.29) is 5.60 Å². The van der Waals surface area contributed by atoms with Gasteiger partial charge in [-0.3, -0.25) is 4.90 Å².